The van der Waals surface area contributed by atoms with E-state index in [2.05, 4.69) is 11.8 Å². The SMILES string of the molecule is CC#CCC1C(CO)OC(C)(C)N1C(=O)OC(C)(C)C. The standard InChI is InChI=1S/C15H25NO4/c1-7-8-9-11-12(10-17)19-15(5,6)16(11)13(18)20-14(2,3)4/h11-12,17H,9-10H2,1-6H3. The second-order valence-corrected chi connectivity index (χ2v) is 6.33. The third-order valence-electron chi connectivity index (χ3n) is 3.04. The summed E-state index contributed by atoms with van der Waals surface area (Å²) in [6, 6.07) is -0.308. The van der Waals surface area contributed by atoms with Crippen molar-refractivity contribution in [3.8, 4) is 11.8 Å². The second kappa shape index (κ2) is 6.02. The predicted octanol–water partition coefficient (Wildman–Crippen LogP) is 2.13. The van der Waals surface area contributed by atoms with Gasteiger partial charge in [0.1, 0.15) is 17.4 Å². The monoisotopic (exact) mass is 283 g/mol. The molecule has 0 saturated carbocycles. The summed E-state index contributed by atoms with van der Waals surface area (Å²) in [7, 11) is 0. The Labute approximate surface area is 121 Å². The lowest BCUT2D eigenvalue weighted by Crippen LogP contribution is -2.50. The van der Waals surface area contributed by atoms with Gasteiger partial charge >= 0.3 is 6.09 Å². The molecule has 1 heterocycles. The first-order valence-electron chi connectivity index (χ1n) is 6.83. The van der Waals surface area contributed by atoms with Crippen LogP contribution in [0.1, 0.15) is 48.0 Å². The van der Waals surface area contributed by atoms with Crippen LogP contribution >= 0.6 is 0 Å². The first-order chi connectivity index (χ1) is 9.12. The molecular formula is C15H25NO4. The van der Waals surface area contributed by atoms with Crippen LogP contribution in [-0.2, 0) is 9.47 Å². The topological polar surface area (TPSA) is 59.0 Å². The lowest BCUT2D eigenvalue weighted by Gasteiger charge is -2.34. The number of amides is 1. The van der Waals surface area contributed by atoms with Gasteiger partial charge in [-0.1, -0.05) is 0 Å². The van der Waals surface area contributed by atoms with Gasteiger partial charge in [-0.15, -0.1) is 11.8 Å². The predicted molar refractivity (Wildman–Crippen MR) is 76.0 cm³/mol. The van der Waals surface area contributed by atoms with Crippen LogP contribution in [-0.4, -0.2) is 46.2 Å². The molecule has 1 amide bonds. The summed E-state index contributed by atoms with van der Waals surface area (Å²) in [4.78, 5) is 14.0. The molecule has 0 aromatic rings. The number of hydrogen-bond acceptors (Lipinski definition) is 4. The Bertz CT molecular complexity index is 414. The molecule has 0 spiro atoms. The third-order valence-corrected chi connectivity index (χ3v) is 3.04. The number of carbonyl (C=O) groups is 1. The molecule has 2 atom stereocenters. The highest BCUT2D eigenvalue weighted by Crippen LogP contribution is 2.34. The molecule has 0 aliphatic carbocycles. The zero-order valence-corrected chi connectivity index (χ0v) is 13.2. The maximum absolute atomic E-state index is 12.4. The number of nitrogens with zero attached hydrogens (tertiary/aromatic N) is 1. The fourth-order valence-electron chi connectivity index (χ4n) is 2.33. The van der Waals surface area contributed by atoms with Crippen LogP contribution in [0.2, 0.25) is 0 Å². The molecule has 0 radical (unpaired) electrons. The van der Waals surface area contributed by atoms with Gasteiger partial charge in [0, 0.05) is 6.42 Å². The summed E-state index contributed by atoms with van der Waals surface area (Å²) in [5.74, 6) is 5.76. The fraction of sp³-hybridized carbons (Fsp3) is 0.800. The van der Waals surface area contributed by atoms with E-state index in [0.717, 1.165) is 0 Å². The van der Waals surface area contributed by atoms with Crippen LogP contribution in [0.5, 0.6) is 0 Å². The average molecular weight is 283 g/mol. The van der Waals surface area contributed by atoms with Gasteiger partial charge in [0.2, 0.25) is 0 Å². The molecule has 0 bridgehead atoms. The lowest BCUT2D eigenvalue weighted by molar-refractivity contribution is -0.0865. The second-order valence-electron chi connectivity index (χ2n) is 6.33. The maximum Gasteiger partial charge on any atom is 0.412 e. The third kappa shape index (κ3) is 3.87. The lowest BCUT2D eigenvalue weighted by atomic mass is 10.1. The van der Waals surface area contributed by atoms with Crippen molar-refractivity contribution in [1.29, 1.82) is 0 Å². The molecule has 5 nitrogen and oxygen atoms in total. The summed E-state index contributed by atoms with van der Waals surface area (Å²) < 4.78 is 11.2. The molecule has 5 heteroatoms. The number of aliphatic hydroxyl groups is 1. The summed E-state index contributed by atoms with van der Waals surface area (Å²) in [5, 5.41) is 9.45. The smallest absolute Gasteiger partial charge is 0.412 e. The van der Waals surface area contributed by atoms with Crippen molar-refractivity contribution in [2.75, 3.05) is 6.61 Å². The first kappa shape index (κ1) is 16.8. The van der Waals surface area contributed by atoms with Crippen LogP contribution in [0.25, 0.3) is 0 Å². The largest absolute Gasteiger partial charge is 0.444 e. The minimum atomic E-state index is -0.824. The summed E-state index contributed by atoms with van der Waals surface area (Å²) >= 11 is 0. The molecule has 1 N–H and O–H groups in total. The van der Waals surface area contributed by atoms with Gasteiger partial charge in [0.25, 0.3) is 0 Å². The summed E-state index contributed by atoms with van der Waals surface area (Å²) in [6.45, 7) is 10.6. The number of hydrogen-bond donors (Lipinski definition) is 1. The minimum absolute atomic E-state index is 0.154. The van der Waals surface area contributed by atoms with Gasteiger partial charge < -0.3 is 14.6 Å². The van der Waals surface area contributed by atoms with Gasteiger partial charge in [0.05, 0.1) is 12.6 Å². The Hall–Kier alpha value is -1.25. The highest BCUT2D eigenvalue weighted by Gasteiger charge is 2.50. The van der Waals surface area contributed by atoms with Crippen LogP contribution in [0, 0.1) is 11.8 Å². The molecule has 1 fully saturated rings. The van der Waals surface area contributed by atoms with Gasteiger partial charge in [0.15, 0.2) is 0 Å². The Balaban J connectivity index is 3.01. The normalized spacial score (nSPS) is 25.1. The van der Waals surface area contributed by atoms with Crippen molar-refractivity contribution in [3.63, 3.8) is 0 Å². The van der Waals surface area contributed by atoms with Crippen molar-refractivity contribution in [2.45, 2.75) is 71.4 Å². The van der Waals surface area contributed by atoms with Crippen LogP contribution in [0.3, 0.4) is 0 Å². The average Bonchev–Trinajstić information content (AvgIpc) is 2.54. The minimum Gasteiger partial charge on any atom is -0.444 e. The Morgan fingerprint density at radius 3 is 2.50 bits per heavy atom. The molecule has 20 heavy (non-hydrogen) atoms. The van der Waals surface area contributed by atoms with E-state index in [4.69, 9.17) is 9.47 Å². The Morgan fingerprint density at radius 1 is 1.45 bits per heavy atom. The van der Waals surface area contributed by atoms with E-state index in [9.17, 15) is 9.90 Å². The van der Waals surface area contributed by atoms with Gasteiger partial charge in [-0.25, -0.2) is 4.79 Å². The number of aliphatic hydroxyl groups excluding tert-OH is 1. The molecule has 2 unspecified atom stereocenters. The van der Waals surface area contributed by atoms with E-state index in [0.29, 0.717) is 6.42 Å². The number of rotatable bonds is 2. The van der Waals surface area contributed by atoms with E-state index in [1.807, 2.05) is 20.8 Å². The molecule has 0 aromatic carbocycles. The van der Waals surface area contributed by atoms with Crippen molar-refractivity contribution >= 4 is 6.09 Å². The van der Waals surface area contributed by atoms with E-state index in [1.165, 1.54) is 0 Å². The molecule has 114 valence electrons. The van der Waals surface area contributed by atoms with Crippen LogP contribution in [0.4, 0.5) is 4.79 Å². The Kier molecular flexibility index (Phi) is 5.06. The quantitative estimate of drug-likeness (QED) is 0.789. The van der Waals surface area contributed by atoms with Crippen molar-refractivity contribution in [3.05, 3.63) is 0 Å². The van der Waals surface area contributed by atoms with Gasteiger partial charge in [-0.05, 0) is 41.5 Å². The first-order valence-corrected chi connectivity index (χ1v) is 6.83. The molecule has 1 aliphatic rings. The maximum atomic E-state index is 12.4. The number of ether oxygens (including phenoxy) is 2. The highest BCUT2D eigenvalue weighted by atomic mass is 16.6. The Morgan fingerprint density at radius 2 is 2.05 bits per heavy atom. The van der Waals surface area contributed by atoms with Gasteiger partial charge in [-0.3, -0.25) is 4.90 Å². The van der Waals surface area contributed by atoms with E-state index in [-0.39, 0.29) is 12.6 Å². The zero-order valence-electron chi connectivity index (χ0n) is 13.2. The van der Waals surface area contributed by atoms with Crippen LogP contribution < -0.4 is 0 Å². The fourth-order valence-corrected chi connectivity index (χ4v) is 2.33. The number of carbonyl (C=O) groups excluding carboxylic acids is 1. The molecule has 1 aliphatic heterocycles. The van der Waals surface area contributed by atoms with E-state index < -0.39 is 23.5 Å². The summed E-state index contributed by atoms with van der Waals surface area (Å²) in [5.41, 5.74) is -1.40. The molecule has 1 rings (SSSR count). The van der Waals surface area contributed by atoms with Crippen molar-refractivity contribution in [2.24, 2.45) is 0 Å². The van der Waals surface area contributed by atoms with E-state index >= 15 is 0 Å². The molecule has 0 aromatic heterocycles. The van der Waals surface area contributed by atoms with Crippen LogP contribution in [0.15, 0.2) is 0 Å². The van der Waals surface area contributed by atoms with Crippen molar-refractivity contribution in [1.82, 2.24) is 4.90 Å². The van der Waals surface area contributed by atoms with Crippen molar-refractivity contribution < 1.29 is 19.4 Å². The highest BCUT2D eigenvalue weighted by molar-refractivity contribution is 5.70. The molecule has 1 saturated heterocycles. The summed E-state index contributed by atoms with van der Waals surface area (Å²) in [6.07, 6.45) is -0.440. The molecular weight excluding hydrogens is 258 g/mol. The van der Waals surface area contributed by atoms with E-state index in [1.54, 1.807) is 25.7 Å². The van der Waals surface area contributed by atoms with Gasteiger partial charge in [-0.2, -0.15) is 0 Å². The zero-order chi connectivity index (χ0) is 15.6.